The van der Waals surface area contributed by atoms with Crippen molar-refractivity contribution < 1.29 is 9.90 Å². The lowest BCUT2D eigenvalue weighted by atomic mass is 9.84. The van der Waals surface area contributed by atoms with E-state index in [0.29, 0.717) is 18.0 Å². The van der Waals surface area contributed by atoms with Crippen LogP contribution in [0.15, 0.2) is 0 Å². The summed E-state index contributed by atoms with van der Waals surface area (Å²) in [6.45, 7) is 3.35. The van der Waals surface area contributed by atoms with E-state index in [2.05, 4.69) is 24.2 Å². The molecule has 0 aromatic heterocycles. The van der Waals surface area contributed by atoms with Crippen molar-refractivity contribution in [1.82, 2.24) is 10.2 Å². The van der Waals surface area contributed by atoms with Gasteiger partial charge in [0.05, 0.1) is 0 Å². The van der Waals surface area contributed by atoms with Gasteiger partial charge in [-0.05, 0) is 77.3 Å². The molecule has 0 aromatic carbocycles. The van der Waals surface area contributed by atoms with Gasteiger partial charge in [0.2, 0.25) is 0 Å². The summed E-state index contributed by atoms with van der Waals surface area (Å²) in [5.74, 6) is 0.562. The van der Waals surface area contributed by atoms with Gasteiger partial charge in [0.1, 0.15) is 5.54 Å². The van der Waals surface area contributed by atoms with E-state index in [1.165, 1.54) is 12.8 Å². The van der Waals surface area contributed by atoms with Gasteiger partial charge >= 0.3 is 5.97 Å². The summed E-state index contributed by atoms with van der Waals surface area (Å²) < 4.78 is 0. The van der Waals surface area contributed by atoms with Crippen LogP contribution in [0.25, 0.3) is 0 Å². The molecule has 3 unspecified atom stereocenters. The lowest BCUT2D eigenvalue weighted by Crippen LogP contribution is -2.56. The Morgan fingerprint density at radius 1 is 1.33 bits per heavy atom. The van der Waals surface area contributed by atoms with Gasteiger partial charge < -0.3 is 10.0 Å². The number of rotatable bonds is 8. The molecule has 3 aliphatic rings. The molecule has 21 heavy (non-hydrogen) atoms. The normalized spacial score (nSPS) is 34.3. The first kappa shape index (κ1) is 15.3. The quantitative estimate of drug-likeness (QED) is 0.722. The minimum atomic E-state index is -0.634. The van der Waals surface area contributed by atoms with Crippen LogP contribution in [0.1, 0.15) is 58.3 Å². The van der Waals surface area contributed by atoms with E-state index in [1.807, 2.05) is 0 Å². The molecule has 0 aliphatic heterocycles. The van der Waals surface area contributed by atoms with Crippen LogP contribution in [0.3, 0.4) is 0 Å². The molecular formula is C17H30N2O2. The van der Waals surface area contributed by atoms with Crippen molar-refractivity contribution in [3.8, 4) is 0 Å². The molecule has 0 heterocycles. The monoisotopic (exact) mass is 294 g/mol. The van der Waals surface area contributed by atoms with Crippen LogP contribution in [0.2, 0.25) is 0 Å². The van der Waals surface area contributed by atoms with Gasteiger partial charge in [0.15, 0.2) is 0 Å². The van der Waals surface area contributed by atoms with Crippen LogP contribution in [0, 0.1) is 11.8 Å². The largest absolute Gasteiger partial charge is 0.480 e. The van der Waals surface area contributed by atoms with Crippen LogP contribution in [-0.4, -0.2) is 47.2 Å². The highest BCUT2D eigenvalue weighted by Gasteiger charge is 2.51. The van der Waals surface area contributed by atoms with E-state index >= 15 is 0 Å². The van der Waals surface area contributed by atoms with Crippen molar-refractivity contribution in [2.75, 3.05) is 13.6 Å². The molecule has 0 radical (unpaired) electrons. The van der Waals surface area contributed by atoms with Gasteiger partial charge in [-0.3, -0.25) is 10.1 Å². The summed E-state index contributed by atoms with van der Waals surface area (Å²) in [6.07, 6.45) is 9.00. The Morgan fingerprint density at radius 2 is 2.05 bits per heavy atom. The number of carbonyl (C=O) groups is 1. The minimum Gasteiger partial charge on any atom is -0.480 e. The molecule has 0 aromatic rings. The molecular weight excluding hydrogens is 264 g/mol. The molecule has 0 bridgehead atoms. The number of hydrogen-bond donors (Lipinski definition) is 2. The summed E-state index contributed by atoms with van der Waals surface area (Å²) in [5.41, 5.74) is -0.634. The Labute approximate surface area is 128 Å². The second-order valence-electron chi connectivity index (χ2n) is 7.63. The van der Waals surface area contributed by atoms with Crippen molar-refractivity contribution in [2.24, 2.45) is 11.8 Å². The van der Waals surface area contributed by atoms with Crippen molar-refractivity contribution in [3.63, 3.8) is 0 Å². The maximum Gasteiger partial charge on any atom is 0.324 e. The number of carboxylic acids is 1. The SMILES string of the molecule is CC(C1CC1)N(C)CCC1CCCC1(NC1CC1)C(=O)O. The van der Waals surface area contributed by atoms with E-state index in [-0.39, 0.29) is 0 Å². The summed E-state index contributed by atoms with van der Waals surface area (Å²) in [7, 11) is 2.20. The standard InChI is InChI=1S/C17H30N2O2/c1-12(13-5-6-13)19(2)11-9-14-4-3-10-17(14,16(20)21)18-15-7-8-15/h12-15,18H,3-11H2,1-2H3,(H,20,21). The van der Waals surface area contributed by atoms with E-state index in [9.17, 15) is 9.90 Å². The highest BCUT2D eigenvalue weighted by atomic mass is 16.4. The molecule has 0 amide bonds. The van der Waals surface area contributed by atoms with E-state index in [4.69, 9.17) is 0 Å². The predicted octanol–water partition coefficient (Wildman–Crippen LogP) is 2.48. The third kappa shape index (κ3) is 3.26. The van der Waals surface area contributed by atoms with Crippen molar-refractivity contribution in [2.45, 2.75) is 75.9 Å². The van der Waals surface area contributed by atoms with Gasteiger partial charge in [-0.1, -0.05) is 6.42 Å². The van der Waals surface area contributed by atoms with Crippen LogP contribution < -0.4 is 5.32 Å². The predicted molar refractivity (Wildman–Crippen MR) is 83.3 cm³/mol. The maximum atomic E-state index is 11.9. The van der Waals surface area contributed by atoms with Crippen molar-refractivity contribution in [3.05, 3.63) is 0 Å². The molecule has 3 atom stereocenters. The van der Waals surface area contributed by atoms with E-state index in [0.717, 1.165) is 51.0 Å². The minimum absolute atomic E-state index is 0.296. The number of carboxylic acid groups (broad SMARTS) is 1. The lowest BCUT2D eigenvalue weighted by molar-refractivity contribution is -0.147. The third-order valence-corrected chi connectivity index (χ3v) is 6.07. The zero-order valence-corrected chi connectivity index (χ0v) is 13.5. The molecule has 3 rings (SSSR count). The molecule has 0 spiro atoms. The number of nitrogens with zero attached hydrogens (tertiary/aromatic N) is 1. The van der Waals surface area contributed by atoms with E-state index in [1.54, 1.807) is 0 Å². The summed E-state index contributed by atoms with van der Waals surface area (Å²) in [5, 5.41) is 13.3. The second kappa shape index (κ2) is 5.88. The lowest BCUT2D eigenvalue weighted by Gasteiger charge is -2.34. The van der Waals surface area contributed by atoms with Crippen molar-refractivity contribution in [1.29, 1.82) is 0 Å². The average Bonchev–Trinajstić information content (AvgIpc) is 3.34. The van der Waals surface area contributed by atoms with Crippen LogP contribution in [0.5, 0.6) is 0 Å². The zero-order chi connectivity index (χ0) is 15.0. The molecule has 3 fully saturated rings. The van der Waals surface area contributed by atoms with Gasteiger partial charge in [0.25, 0.3) is 0 Å². The summed E-state index contributed by atoms with van der Waals surface area (Å²) >= 11 is 0. The third-order valence-electron chi connectivity index (χ3n) is 6.07. The highest BCUT2D eigenvalue weighted by Crippen LogP contribution is 2.41. The Hall–Kier alpha value is -0.610. The molecule has 2 N–H and O–H groups in total. The fourth-order valence-electron chi connectivity index (χ4n) is 4.10. The number of hydrogen-bond acceptors (Lipinski definition) is 3. The average molecular weight is 294 g/mol. The van der Waals surface area contributed by atoms with Crippen LogP contribution >= 0.6 is 0 Å². The number of aliphatic carboxylic acids is 1. The zero-order valence-electron chi connectivity index (χ0n) is 13.5. The molecule has 120 valence electrons. The fraction of sp³-hybridized carbons (Fsp3) is 0.941. The smallest absolute Gasteiger partial charge is 0.324 e. The fourth-order valence-corrected chi connectivity index (χ4v) is 4.10. The van der Waals surface area contributed by atoms with E-state index < -0.39 is 11.5 Å². The molecule has 0 saturated heterocycles. The Bertz CT molecular complexity index is 392. The second-order valence-corrected chi connectivity index (χ2v) is 7.63. The Balaban J connectivity index is 1.58. The maximum absolute atomic E-state index is 11.9. The first-order valence-electron chi connectivity index (χ1n) is 8.74. The molecule has 3 aliphatic carbocycles. The summed E-state index contributed by atoms with van der Waals surface area (Å²) in [4.78, 5) is 14.4. The molecule has 3 saturated carbocycles. The Kier molecular flexibility index (Phi) is 4.28. The van der Waals surface area contributed by atoms with Gasteiger partial charge in [-0.15, -0.1) is 0 Å². The van der Waals surface area contributed by atoms with Crippen LogP contribution in [-0.2, 0) is 4.79 Å². The molecule has 4 nitrogen and oxygen atoms in total. The Morgan fingerprint density at radius 3 is 2.62 bits per heavy atom. The van der Waals surface area contributed by atoms with Crippen molar-refractivity contribution >= 4 is 5.97 Å². The number of nitrogens with one attached hydrogen (secondary N) is 1. The van der Waals surface area contributed by atoms with Gasteiger partial charge in [0, 0.05) is 12.1 Å². The topological polar surface area (TPSA) is 52.6 Å². The highest BCUT2D eigenvalue weighted by molar-refractivity contribution is 5.80. The van der Waals surface area contributed by atoms with Crippen LogP contribution in [0.4, 0.5) is 0 Å². The summed E-state index contributed by atoms with van der Waals surface area (Å²) in [6, 6.07) is 1.12. The van der Waals surface area contributed by atoms with Gasteiger partial charge in [-0.25, -0.2) is 0 Å². The first-order valence-corrected chi connectivity index (χ1v) is 8.74. The first-order chi connectivity index (χ1) is 10.0. The molecule has 4 heteroatoms. The van der Waals surface area contributed by atoms with Gasteiger partial charge in [-0.2, -0.15) is 0 Å².